The zero-order chi connectivity index (χ0) is 16.1. The van der Waals surface area contributed by atoms with Gasteiger partial charge in [0.2, 0.25) is 11.0 Å². The van der Waals surface area contributed by atoms with Crippen molar-refractivity contribution >= 4 is 45.8 Å². The Morgan fingerprint density at radius 3 is 2.91 bits per heavy atom. The number of nitrogens with two attached hydrogens (primary N) is 1. The molecule has 2 rings (SSSR count). The van der Waals surface area contributed by atoms with Gasteiger partial charge in [-0.25, -0.2) is 4.98 Å². The minimum atomic E-state index is -0.572. The van der Waals surface area contributed by atoms with Gasteiger partial charge in [0.1, 0.15) is 11.5 Å². The van der Waals surface area contributed by atoms with Gasteiger partial charge in [0, 0.05) is 23.9 Å². The first kappa shape index (κ1) is 15.4. The van der Waals surface area contributed by atoms with E-state index in [2.05, 4.69) is 20.8 Å². The standard InChI is InChI=1S/C12H12N6O3S/c1-7(19)15-9-3-2-8(4-10(9)18(20)21)5-14-17-12-16-11(13)6-22-12/h2-6H,13H2,1H3,(H,15,19)(H,16,17). The summed E-state index contributed by atoms with van der Waals surface area (Å²) < 4.78 is 0. The Morgan fingerprint density at radius 1 is 1.55 bits per heavy atom. The topological polar surface area (TPSA) is 136 Å². The highest BCUT2D eigenvalue weighted by Gasteiger charge is 2.14. The normalized spacial score (nSPS) is 10.6. The Balaban J connectivity index is 2.15. The average molecular weight is 320 g/mol. The van der Waals surface area contributed by atoms with Crippen LogP contribution in [0.3, 0.4) is 0 Å². The van der Waals surface area contributed by atoms with Gasteiger partial charge in [0.05, 0.1) is 11.1 Å². The van der Waals surface area contributed by atoms with E-state index in [9.17, 15) is 14.9 Å². The molecule has 0 radical (unpaired) electrons. The number of rotatable bonds is 5. The minimum Gasteiger partial charge on any atom is -0.383 e. The number of nitrogens with zero attached hydrogens (tertiary/aromatic N) is 3. The van der Waals surface area contributed by atoms with Gasteiger partial charge in [0.25, 0.3) is 5.69 Å². The maximum atomic E-state index is 11.0. The van der Waals surface area contributed by atoms with E-state index in [-0.39, 0.29) is 17.3 Å². The fourth-order valence-electron chi connectivity index (χ4n) is 1.57. The monoisotopic (exact) mass is 320 g/mol. The average Bonchev–Trinajstić information content (AvgIpc) is 2.85. The van der Waals surface area contributed by atoms with Crippen LogP contribution >= 0.6 is 11.3 Å². The number of nitrogen functional groups attached to an aromatic ring is 1. The maximum absolute atomic E-state index is 11.0. The van der Waals surface area contributed by atoms with Gasteiger partial charge in [-0.15, -0.1) is 11.3 Å². The van der Waals surface area contributed by atoms with Crippen LogP contribution in [0, 0.1) is 10.1 Å². The molecule has 0 spiro atoms. The van der Waals surface area contributed by atoms with Crippen molar-refractivity contribution in [3.8, 4) is 0 Å². The molecule has 0 atom stereocenters. The lowest BCUT2D eigenvalue weighted by molar-refractivity contribution is -0.383. The van der Waals surface area contributed by atoms with Gasteiger partial charge < -0.3 is 11.1 Å². The van der Waals surface area contributed by atoms with E-state index < -0.39 is 4.92 Å². The van der Waals surface area contributed by atoms with Crippen LogP contribution in [0.25, 0.3) is 0 Å². The van der Waals surface area contributed by atoms with Crippen molar-refractivity contribution in [2.24, 2.45) is 5.10 Å². The van der Waals surface area contributed by atoms with Crippen molar-refractivity contribution in [3.05, 3.63) is 39.3 Å². The van der Waals surface area contributed by atoms with E-state index in [1.54, 1.807) is 11.4 Å². The third-order valence-electron chi connectivity index (χ3n) is 2.42. The molecule has 0 saturated heterocycles. The van der Waals surface area contributed by atoms with Crippen molar-refractivity contribution in [2.75, 3.05) is 16.5 Å². The van der Waals surface area contributed by atoms with Gasteiger partial charge in [-0.05, 0) is 6.07 Å². The van der Waals surface area contributed by atoms with Crippen LogP contribution in [0.15, 0.2) is 28.7 Å². The molecule has 2 aromatic rings. The van der Waals surface area contributed by atoms with Crippen molar-refractivity contribution in [3.63, 3.8) is 0 Å². The number of benzene rings is 1. The number of anilines is 3. The summed E-state index contributed by atoms with van der Waals surface area (Å²) in [6, 6.07) is 4.36. The predicted octanol–water partition coefficient (Wildman–Crippen LogP) is 2.04. The van der Waals surface area contributed by atoms with Crippen molar-refractivity contribution < 1.29 is 9.72 Å². The third kappa shape index (κ3) is 3.99. The van der Waals surface area contributed by atoms with Crippen LogP contribution < -0.4 is 16.5 Å². The number of carbonyl (C=O) groups is 1. The van der Waals surface area contributed by atoms with Crippen molar-refractivity contribution in [2.45, 2.75) is 6.92 Å². The molecule has 0 unspecified atom stereocenters. The Bertz CT molecular complexity index is 742. The van der Waals surface area contributed by atoms with Gasteiger partial charge in [-0.2, -0.15) is 5.10 Å². The molecule has 0 aliphatic heterocycles. The van der Waals surface area contributed by atoms with E-state index in [1.165, 1.54) is 36.6 Å². The zero-order valence-electron chi connectivity index (χ0n) is 11.4. The van der Waals surface area contributed by atoms with E-state index in [4.69, 9.17) is 5.73 Å². The van der Waals surface area contributed by atoms with Gasteiger partial charge in [0.15, 0.2) is 0 Å². The Kier molecular flexibility index (Phi) is 4.63. The molecule has 114 valence electrons. The molecule has 10 heteroatoms. The second-order valence-electron chi connectivity index (χ2n) is 4.16. The number of aromatic nitrogens is 1. The van der Waals surface area contributed by atoms with E-state index >= 15 is 0 Å². The molecule has 0 bridgehead atoms. The summed E-state index contributed by atoms with van der Waals surface area (Å²) in [6.07, 6.45) is 1.40. The Morgan fingerprint density at radius 2 is 2.32 bits per heavy atom. The molecule has 1 amide bonds. The van der Waals surface area contributed by atoms with E-state index in [1.807, 2.05) is 0 Å². The molecule has 0 aliphatic rings. The highest BCUT2D eigenvalue weighted by molar-refractivity contribution is 7.14. The van der Waals surface area contributed by atoms with Crippen LogP contribution in [-0.2, 0) is 4.79 Å². The molecule has 4 N–H and O–H groups in total. The van der Waals surface area contributed by atoms with Crippen LogP contribution in [0.4, 0.5) is 22.3 Å². The van der Waals surface area contributed by atoms with Crippen molar-refractivity contribution in [1.82, 2.24) is 4.98 Å². The summed E-state index contributed by atoms with van der Waals surface area (Å²) in [7, 11) is 0. The number of nitrogens with one attached hydrogen (secondary N) is 2. The highest BCUT2D eigenvalue weighted by atomic mass is 32.1. The first-order valence-corrected chi connectivity index (χ1v) is 6.90. The summed E-state index contributed by atoms with van der Waals surface area (Å²) >= 11 is 1.29. The zero-order valence-corrected chi connectivity index (χ0v) is 12.3. The van der Waals surface area contributed by atoms with Crippen molar-refractivity contribution in [1.29, 1.82) is 0 Å². The Hall–Kier alpha value is -3.01. The molecular weight excluding hydrogens is 308 g/mol. The number of nitro benzene ring substituents is 1. The summed E-state index contributed by atoms with van der Waals surface area (Å²) in [5.41, 5.74) is 8.56. The first-order valence-electron chi connectivity index (χ1n) is 6.02. The molecule has 0 saturated carbocycles. The predicted molar refractivity (Wildman–Crippen MR) is 85.1 cm³/mol. The Labute approximate surface area is 129 Å². The maximum Gasteiger partial charge on any atom is 0.293 e. The number of nitro groups is 1. The largest absolute Gasteiger partial charge is 0.383 e. The first-order chi connectivity index (χ1) is 10.5. The SMILES string of the molecule is CC(=O)Nc1ccc(C=NNc2nc(N)cs2)cc1[N+](=O)[O-]. The molecular formula is C12H12N6O3S. The molecule has 0 fully saturated rings. The number of amides is 1. The number of carbonyl (C=O) groups excluding carboxylic acids is 1. The number of hydrazone groups is 1. The van der Waals surface area contributed by atoms with Crippen LogP contribution in [-0.4, -0.2) is 22.0 Å². The van der Waals surface area contributed by atoms with Gasteiger partial charge in [-0.3, -0.25) is 20.3 Å². The number of hydrogen-bond donors (Lipinski definition) is 3. The fourth-order valence-corrected chi connectivity index (χ4v) is 2.12. The second kappa shape index (κ2) is 6.63. The molecule has 1 aromatic carbocycles. The lowest BCUT2D eigenvalue weighted by Crippen LogP contribution is -2.08. The van der Waals surface area contributed by atoms with E-state index in [0.29, 0.717) is 16.5 Å². The van der Waals surface area contributed by atoms with Gasteiger partial charge in [-0.1, -0.05) is 6.07 Å². The number of thiazole rings is 1. The molecule has 22 heavy (non-hydrogen) atoms. The quantitative estimate of drug-likeness (QED) is 0.438. The third-order valence-corrected chi connectivity index (χ3v) is 3.19. The summed E-state index contributed by atoms with van der Waals surface area (Å²) in [5, 5.41) is 19.5. The minimum absolute atomic E-state index is 0.135. The van der Waals surface area contributed by atoms with Crippen LogP contribution in [0.2, 0.25) is 0 Å². The van der Waals surface area contributed by atoms with Crippen LogP contribution in [0.5, 0.6) is 0 Å². The summed E-state index contributed by atoms with van der Waals surface area (Å²) in [4.78, 5) is 25.4. The molecule has 1 heterocycles. The number of hydrogen-bond acceptors (Lipinski definition) is 8. The fraction of sp³-hybridized carbons (Fsp3) is 0.0833. The lowest BCUT2D eigenvalue weighted by Gasteiger charge is -2.04. The van der Waals surface area contributed by atoms with Gasteiger partial charge >= 0.3 is 0 Å². The molecule has 1 aromatic heterocycles. The summed E-state index contributed by atoms with van der Waals surface area (Å²) in [6.45, 7) is 1.28. The molecule has 9 nitrogen and oxygen atoms in total. The highest BCUT2D eigenvalue weighted by Crippen LogP contribution is 2.25. The van der Waals surface area contributed by atoms with Crippen LogP contribution in [0.1, 0.15) is 12.5 Å². The van der Waals surface area contributed by atoms with E-state index in [0.717, 1.165) is 0 Å². The lowest BCUT2D eigenvalue weighted by atomic mass is 10.2. The summed E-state index contributed by atoms with van der Waals surface area (Å²) in [5.74, 6) is 0.00513. The second-order valence-corrected chi connectivity index (χ2v) is 5.02. The molecule has 0 aliphatic carbocycles. The smallest absolute Gasteiger partial charge is 0.293 e.